The molecule has 2 aromatic rings. The van der Waals surface area contributed by atoms with Crippen molar-refractivity contribution in [2.24, 2.45) is 0 Å². The highest BCUT2D eigenvalue weighted by atomic mass is 35.5. The minimum Gasteiger partial charge on any atom is -0.296 e. The predicted molar refractivity (Wildman–Crippen MR) is 71.3 cm³/mol. The Morgan fingerprint density at radius 2 is 1.94 bits per heavy atom. The highest BCUT2D eigenvalue weighted by Crippen LogP contribution is 2.40. The Morgan fingerprint density at radius 1 is 1.28 bits per heavy atom. The molecular weight excluding hydrogens is 271 g/mol. The van der Waals surface area contributed by atoms with Crippen LogP contribution in [-0.2, 0) is 0 Å². The van der Waals surface area contributed by atoms with Crippen LogP contribution in [0, 0.1) is 0 Å². The van der Waals surface area contributed by atoms with Gasteiger partial charge in [0, 0.05) is 11.1 Å². The molecule has 1 aliphatic rings. The molecule has 3 nitrogen and oxygen atoms in total. The zero-order chi connectivity index (χ0) is 12.7. The average Bonchev–Trinajstić information content (AvgIpc) is 3.10. The number of benzene rings is 1. The van der Waals surface area contributed by atoms with Crippen molar-refractivity contribution in [2.75, 3.05) is 0 Å². The van der Waals surface area contributed by atoms with E-state index in [1.165, 1.54) is 0 Å². The average molecular weight is 281 g/mol. The lowest BCUT2D eigenvalue weighted by atomic mass is 10.1. The Labute approximate surface area is 114 Å². The minimum absolute atomic E-state index is 0.347. The second kappa shape index (κ2) is 4.41. The molecule has 0 N–H and O–H groups in total. The van der Waals surface area contributed by atoms with Crippen molar-refractivity contribution in [3.63, 3.8) is 0 Å². The highest BCUT2D eigenvalue weighted by molar-refractivity contribution is 6.39. The van der Waals surface area contributed by atoms with Crippen molar-refractivity contribution in [2.45, 2.75) is 18.9 Å². The van der Waals surface area contributed by atoms with Gasteiger partial charge in [-0.25, -0.2) is 0 Å². The predicted octanol–water partition coefficient (Wildman–Crippen LogP) is 4.00. The lowest BCUT2D eigenvalue weighted by Crippen LogP contribution is -2.01. The number of rotatable bonds is 3. The minimum atomic E-state index is 0.347. The van der Waals surface area contributed by atoms with Gasteiger partial charge < -0.3 is 0 Å². The van der Waals surface area contributed by atoms with Gasteiger partial charge in [-0.05, 0) is 25.0 Å². The second-order valence-electron chi connectivity index (χ2n) is 4.33. The van der Waals surface area contributed by atoms with Crippen LogP contribution >= 0.6 is 23.2 Å². The van der Waals surface area contributed by atoms with Crippen LogP contribution in [0.4, 0.5) is 0 Å². The van der Waals surface area contributed by atoms with E-state index in [0.29, 0.717) is 32.9 Å². The lowest BCUT2D eigenvalue weighted by Gasteiger charge is -2.06. The zero-order valence-electron chi connectivity index (χ0n) is 9.44. The fourth-order valence-corrected chi connectivity index (χ4v) is 2.65. The van der Waals surface area contributed by atoms with Crippen molar-refractivity contribution in [3.05, 3.63) is 40.1 Å². The van der Waals surface area contributed by atoms with Crippen molar-refractivity contribution in [1.82, 2.24) is 9.78 Å². The summed E-state index contributed by atoms with van der Waals surface area (Å²) < 4.78 is 1.77. The summed E-state index contributed by atoms with van der Waals surface area (Å²) in [5.41, 5.74) is 1.93. The van der Waals surface area contributed by atoms with Crippen molar-refractivity contribution < 1.29 is 4.79 Å². The monoisotopic (exact) mass is 280 g/mol. The van der Waals surface area contributed by atoms with E-state index in [2.05, 4.69) is 5.10 Å². The second-order valence-corrected chi connectivity index (χ2v) is 5.15. The Kier molecular flexibility index (Phi) is 2.88. The molecule has 1 heterocycles. The number of carbonyl (C=O) groups excluding carboxylic acids is 1. The molecule has 1 aliphatic carbocycles. The molecule has 0 saturated heterocycles. The van der Waals surface area contributed by atoms with Crippen molar-refractivity contribution in [1.29, 1.82) is 0 Å². The standard InChI is InChI=1S/C13H10Cl2N2O/c14-10-2-1-3-11(15)13(10)9-6-16-17(8-4-5-8)12(9)7-18/h1-3,6-8H,4-5H2. The van der Waals surface area contributed by atoms with Crippen LogP contribution < -0.4 is 0 Å². The Hall–Kier alpha value is -1.32. The van der Waals surface area contributed by atoms with Gasteiger partial charge in [-0.15, -0.1) is 0 Å². The largest absolute Gasteiger partial charge is 0.296 e. The van der Waals surface area contributed by atoms with Crippen molar-refractivity contribution in [3.8, 4) is 11.1 Å². The maximum Gasteiger partial charge on any atom is 0.168 e. The molecule has 0 atom stereocenters. The van der Waals surface area contributed by atoms with E-state index in [1.807, 2.05) is 0 Å². The molecule has 18 heavy (non-hydrogen) atoms. The summed E-state index contributed by atoms with van der Waals surface area (Å²) >= 11 is 12.3. The number of aldehydes is 1. The number of nitrogens with zero attached hydrogens (tertiary/aromatic N) is 2. The molecule has 3 rings (SSSR count). The van der Waals surface area contributed by atoms with E-state index in [0.717, 1.165) is 19.1 Å². The molecule has 1 saturated carbocycles. The summed E-state index contributed by atoms with van der Waals surface area (Å²) in [7, 11) is 0. The number of hydrogen-bond donors (Lipinski definition) is 0. The van der Waals surface area contributed by atoms with Gasteiger partial charge in [0.25, 0.3) is 0 Å². The molecular formula is C13H10Cl2N2O. The third-order valence-electron chi connectivity index (χ3n) is 3.07. The Bertz CT molecular complexity index is 597. The fourth-order valence-electron chi connectivity index (χ4n) is 2.05. The third-order valence-corrected chi connectivity index (χ3v) is 3.70. The molecule has 1 fully saturated rings. The van der Waals surface area contributed by atoms with Crippen LogP contribution in [0.2, 0.25) is 10.0 Å². The molecule has 0 unspecified atom stereocenters. The third kappa shape index (κ3) is 1.84. The van der Waals surface area contributed by atoms with Gasteiger partial charge >= 0.3 is 0 Å². The number of hydrogen-bond acceptors (Lipinski definition) is 2. The smallest absolute Gasteiger partial charge is 0.168 e. The van der Waals surface area contributed by atoms with Crippen LogP contribution in [0.15, 0.2) is 24.4 Å². The van der Waals surface area contributed by atoms with Crippen LogP contribution in [0.3, 0.4) is 0 Å². The van der Waals surface area contributed by atoms with Gasteiger partial charge in [0.1, 0.15) is 5.69 Å². The lowest BCUT2D eigenvalue weighted by molar-refractivity contribution is 0.111. The Morgan fingerprint density at radius 3 is 2.50 bits per heavy atom. The highest BCUT2D eigenvalue weighted by Gasteiger charge is 2.28. The van der Waals surface area contributed by atoms with Gasteiger partial charge in [-0.2, -0.15) is 5.10 Å². The molecule has 1 aromatic carbocycles. The number of aromatic nitrogens is 2. The normalized spacial score (nSPS) is 14.8. The summed E-state index contributed by atoms with van der Waals surface area (Å²) in [6.07, 6.45) is 4.62. The molecule has 0 aliphatic heterocycles. The van der Waals surface area contributed by atoms with E-state index < -0.39 is 0 Å². The van der Waals surface area contributed by atoms with Crippen LogP contribution in [0.25, 0.3) is 11.1 Å². The van der Waals surface area contributed by atoms with Gasteiger partial charge in [0.05, 0.1) is 22.3 Å². The zero-order valence-corrected chi connectivity index (χ0v) is 10.9. The van der Waals surface area contributed by atoms with Crippen LogP contribution in [-0.4, -0.2) is 16.1 Å². The SMILES string of the molecule is O=Cc1c(-c2c(Cl)cccc2Cl)cnn1C1CC1. The van der Waals surface area contributed by atoms with Gasteiger partial charge in [0.15, 0.2) is 6.29 Å². The maximum absolute atomic E-state index is 11.3. The first-order valence-electron chi connectivity index (χ1n) is 5.69. The van der Waals surface area contributed by atoms with Gasteiger partial charge in [-0.3, -0.25) is 9.48 Å². The Balaban J connectivity index is 2.19. The van der Waals surface area contributed by atoms with Crippen LogP contribution in [0.5, 0.6) is 0 Å². The molecule has 0 bridgehead atoms. The first kappa shape index (κ1) is 11.8. The molecule has 0 radical (unpaired) electrons. The van der Waals surface area contributed by atoms with E-state index in [-0.39, 0.29) is 0 Å². The molecule has 92 valence electrons. The maximum atomic E-state index is 11.3. The van der Waals surface area contributed by atoms with Crippen molar-refractivity contribution >= 4 is 29.5 Å². The molecule has 5 heteroatoms. The quantitative estimate of drug-likeness (QED) is 0.797. The summed E-state index contributed by atoms with van der Waals surface area (Å²) in [6, 6.07) is 5.64. The van der Waals surface area contributed by atoms with Crippen LogP contribution in [0.1, 0.15) is 29.4 Å². The van der Waals surface area contributed by atoms with Gasteiger partial charge in [0.2, 0.25) is 0 Å². The fraction of sp³-hybridized carbons (Fsp3) is 0.231. The summed E-state index contributed by atoms with van der Waals surface area (Å²) in [5.74, 6) is 0. The molecule has 1 aromatic heterocycles. The number of carbonyl (C=O) groups is 1. The van der Waals surface area contributed by atoms with Gasteiger partial charge in [-0.1, -0.05) is 29.3 Å². The molecule has 0 amide bonds. The summed E-state index contributed by atoms with van der Waals surface area (Å²) in [4.78, 5) is 11.3. The van der Waals surface area contributed by atoms with E-state index >= 15 is 0 Å². The van der Waals surface area contributed by atoms with E-state index in [4.69, 9.17) is 23.2 Å². The number of halogens is 2. The summed E-state index contributed by atoms with van der Waals surface area (Å²) in [5, 5.41) is 5.33. The molecule has 0 spiro atoms. The first-order valence-corrected chi connectivity index (χ1v) is 6.45. The summed E-state index contributed by atoms with van der Waals surface area (Å²) in [6.45, 7) is 0. The topological polar surface area (TPSA) is 34.9 Å². The van der Waals surface area contributed by atoms with E-state index in [9.17, 15) is 4.79 Å². The van der Waals surface area contributed by atoms with E-state index in [1.54, 1.807) is 29.1 Å². The first-order chi connectivity index (χ1) is 8.72.